The Hall–Kier alpha value is -3.39. The molecule has 0 spiro atoms. The number of carbonyl (C=O) groups is 1. The van der Waals surface area contributed by atoms with Gasteiger partial charge in [0.25, 0.3) is 5.91 Å². The maximum atomic E-state index is 12.6. The lowest BCUT2D eigenvalue weighted by Gasteiger charge is -2.27. The lowest BCUT2D eigenvalue weighted by Crippen LogP contribution is -2.46. The number of fused-ring (bicyclic) bond motifs is 1. The van der Waals surface area contributed by atoms with Gasteiger partial charge in [-0.1, -0.05) is 42.5 Å². The van der Waals surface area contributed by atoms with Gasteiger partial charge in [0.1, 0.15) is 11.8 Å². The fourth-order valence-electron chi connectivity index (χ4n) is 3.16. The zero-order chi connectivity index (χ0) is 21.7. The third-order valence-electron chi connectivity index (χ3n) is 4.62. The molecule has 0 aliphatic carbocycles. The Morgan fingerprint density at radius 1 is 1.07 bits per heavy atom. The molecule has 0 aliphatic rings. The molecule has 1 atom stereocenters. The van der Waals surface area contributed by atoms with Crippen LogP contribution in [0.15, 0.2) is 71.8 Å². The molecular weight excluding hydrogens is 402 g/mol. The van der Waals surface area contributed by atoms with E-state index in [-0.39, 0.29) is 0 Å². The number of methoxy groups -OCH3 is 1. The molecule has 8 heteroatoms. The summed E-state index contributed by atoms with van der Waals surface area (Å²) in [5.74, 6) is 0.0386. The number of sulfonamides is 1. The van der Waals surface area contributed by atoms with Gasteiger partial charge in [-0.3, -0.25) is 9.10 Å². The van der Waals surface area contributed by atoms with E-state index in [0.29, 0.717) is 11.4 Å². The van der Waals surface area contributed by atoms with Crippen molar-refractivity contribution in [2.75, 3.05) is 17.7 Å². The number of rotatable bonds is 7. The number of nitrogens with zero attached hydrogens (tertiary/aromatic N) is 2. The average Bonchev–Trinajstić information content (AvgIpc) is 2.73. The highest BCUT2D eigenvalue weighted by Gasteiger charge is 2.29. The van der Waals surface area contributed by atoms with E-state index in [0.717, 1.165) is 26.9 Å². The van der Waals surface area contributed by atoms with Gasteiger partial charge in [0.2, 0.25) is 10.0 Å². The summed E-state index contributed by atoms with van der Waals surface area (Å²) in [5, 5.41) is 6.09. The van der Waals surface area contributed by atoms with Gasteiger partial charge in [0.15, 0.2) is 0 Å². The van der Waals surface area contributed by atoms with E-state index < -0.39 is 22.0 Å². The van der Waals surface area contributed by atoms with Crippen LogP contribution in [0.1, 0.15) is 12.5 Å². The number of benzene rings is 3. The van der Waals surface area contributed by atoms with Crippen molar-refractivity contribution in [2.45, 2.75) is 13.0 Å². The molecular formula is C22H23N3O4S. The minimum absolute atomic E-state index is 0.360. The van der Waals surface area contributed by atoms with E-state index in [1.165, 1.54) is 14.0 Å². The van der Waals surface area contributed by atoms with Gasteiger partial charge in [0.05, 0.1) is 25.3 Å². The van der Waals surface area contributed by atoms with Crippen LogP contribution in [0, 0.1) is 0 Å². The number of amides is 1. The number of hydrogen-bond donors (Lipinski definition) is 1. The van der Waals surface area contributed by atoms with E-state index >= 15 is 0 Å². The molecule has 0 bridgehead atoms. The predicted molar refractivity (Wildman–Crippen MR) is 119 cm³/mol. The van der Waals surface area contributed by atoms with Crippen molar-refractivity contribution < 1.29 is 17.9 Å². The summed E-state index contributed by atoms with van der Waals surface area (Å²) in [4.78, 5) is 12.6. The number of carbonyl (C=O) groups excluding carboxylic acids is 1. The fraction of sp³-hybridized carbons (Fsp3) is 0.182. The number of nitrogens with one attached hydrogen (secondary N) is 1. The zero-order valence-corrected chi connectivity index (χ0v) is 17.8. The molecule has 0 saturated heterocycles. The zero-order valence-electron chi connectivity index (χ0n) is 16.9. The molecule has 3 aromatic carbocycles. The molecule has 0 heterocycles. The monoisotopic (exact) mass is 425 g/mol. The first-order valence-corrected chi connectivity index (χ1v) is 11.1. The molecule has 0 unspecified atom stereocenters. The second-order valence-electron chi connectivity index (χ2n) is 6.74. The van der Waals surface area contributed by atoms with Crippen LogP contribution in [0.4, 0.5) is 5.69 Å². The SMILES string of the molecule is COc1ccc(N([C@H](C)C(=O)N/N=C\c2cccc3ccccc23)S(C)(=O)=O)cc1. The quantitative estimate of drug-likeness (QED) is 0.465. The molecule has 3 rings (SSSR count). The largest absolute Gasteiger partial charge is 0.497 e. The number of ether oxygens (including phenoxy) is 1. The molecule has 1 amide bonds. The summed E-state index contributed by atoms with van der Waals surface area (Å²) in [5.41, 5.74) is 3.64. The van der Waals surface area contributed by atoms with Crippen LogP contribution in [0.5, 0.6) is 5.75 Å². The molecule has 1 N–H and O–H groups in total. The van der Waals surface area contributed by atoms with E-state index in [9.17, 15) is 13.2 Å². The minimum Gasteiger partial charge on any atom is -0.497 e. The first-order chi connectivity index (χ1) is 14.3. The number of anilines is 1. The number of hydrogen-bond acceptors (Lipinski definition) is 5. The van der Waals surface area contributed by atoms with Crippen molar-refractivity contribution in [3.63, 3.8) is 0 Å². The molecule has 30 heavy (non-hydrogen) atoms. The Labute approximate surface area is 176 Å². The summed E-state index contributed by atoms with van der Waals surface area (Å²) >= 11 is 0. The molecule has 7 nitrogen and oxygen atoms in total. The van der Waals surface area contributed by atoms with Crippen LogP contribution in [0.25, 0.3) is 10.8 Å². The van der Waals surface area contributed by atoms with Gasteiger partial charge < -0.3 is 4.74 Å². The molecule has 3 aromatic rings. The van der Waals surface area contributed by atoms with Gasteiger partial charge in [-0.05, 0) is 42.0 Å². The number of hydrazone groups is 1. The van der Waals surface area contributed by atoms with Crippen LogP contribution < -0.4 is 14.5 Å². The highest BCUT2D eigenvalue weighted by molar-refractivity contribution is 7.92. The second-order valence-corrected chi connectivity index (χ2v) is 8.59. The van der Waals surface area contributed by atoms with Gasteiger partial charge in [-0.25, -0.2) is 13.8 Å². The van der Waals surface area contributed by atoms with Crippen molar-refractivity contribution >= 4 is 38.6 Å². The molecule has 0 saturated carbocycles. The predicted octanol–water partition coefficient (Wildman–Crippen LogP) is 3.15. The topological polar surface area (TPSA) is 88.1 Å². The lowest BCUT2D eigenvalue weighted by molar-refractivity contribution is -0.121. The summed E-state index contributed by atoms with van der Waals surface area (Å²) in [6.07, 6.45) is 2.60. The Bertz CT molecular complexity index is 1170. The maximum absolute atomic E-state index is 12.6. The Morgan fingerprint density at radius 2 is 1.73 bits per heavy atom. The van der Waals surface area contributed by atoms with Crippen LogP contribution in [-0.4, -0.2) is 39.9 Å². The first-order valence-electron chi connectivity index (χ1n) is 9.25. The molecule has 156 valence electrons. The summed E-state index contributed by atoms with van der Waals surface area (Å²) < 4.78 is 30.9. The van der Waals surface area contributed by atoms with Crippen molar-refractivity contribution in [1.29, 1.82) is 0 Å². The van der Waals surface area contributed by atoms with E-state index in [1.807, 2.05) is 42.5 Å². The van der Waals surface area contributed by atoms with E-state index in [4.69, 9.17) is 4.74 Å². The average molecular weight is 426 g/mol. The third-order valence-corrected chi connectivity index (χ3v) is 5.86. The lowest BCUT2D eigenvalue weighted by atomic mass is 10.1. The van der Waals surface area contributed by atoms with Crippen LogP contribution in [-0.2, 0) is 14.8 Å². The van der Waals surface area contributed by atoms with Crippen molar-refractivity contribution in [3.05, 3.63) is 72.3 Å². The van der Waals surface area contributed by atoms with Gasteiger partial charge in [-0.2, -0.15) is 5.10 Å². The summed E-state index contributed by atoms with van der Waals surface area (Å²) in [7, 11) is -2.19. The maximum Gasteiger partial charge on any atom is 0.263 e. The molecule has 0 aromatic heterocycles. The van der Waals surface area contributed by atoms with Gasteiger partial charge >= 0.3 is 0 Å². The summed E-state index contributed by atoms with van der Waals surface area (Å²) in [6, 6.07) is 19.1. The van der Waals surface area contributed by atoms with Crippen molar-refractivity contribution in [1.82, 2.24) is 5.43 Å². The Kier molecular flexibility index (Phi) is 6.37. The van der Waals surface area contributed by atoms with Crippen LogP contribution in [0.3, 0.4) is 0 Å². The normalized spacial score (nSPS) is 12.6. The Morgan fingerprint density at radius 3 is 2.40 bits per heavy atom. The van der Waals surface area contributed by atoms with Gasteiger partial charge in [0, 0.05) is 5.56 Å². The van der Waals surface area contributed by atoms with Crippen molar-refractivity contribution in [3.8, 4) is 5.75 Å². The third kappa shape index (κ3) is 4.77. The minimum atomic E-state index is -3.71. The van der Waals surface area contributed by atoms with E-state index in [1.54, 1.807) is 30.5 Å². The fourth-order valence-corrected chi connectivity index (χ4v) is 4.33. The smallest absolute Gasteiger partial charge is 0.263 e. The molecule has 0 radical (unpaired) electrons. The van der Waals surface area contributed by atoms with Crippen LogP contribution in [0.2, 0.25) is 0 Å². The second kappa shape index (κ2) is 8.96. The van der Waals surface area contributed by atoms with E-state index in [2.05, 4.69) is 10.5 Å². The summed E-state index contributed by atoms with van der Waals surface area (Å²) in [6.45, 7) is 1.51. The highest BCUT2D eigenvalue weighted by atomic mass is 32.2. The van der Waals surface area contributed by atoms with Gasteiger partial charge in [-0.15, -0.1) is 0 Å². The molecule has 0 fully saturated rings. The Balaban J connectivity index is 1.79. The highest BCUT2D eigenvalue weighted by Crippen LogP contribution is 2.24. The first kappa shape index (κ1) is 21.3. The van der Waals surface area contributed by atoms with Crippen LogP contribution >= 0.6 is 0 Å². The standard InChI is InChI=1S/C22H23N3O4S/c1-16(25(30(3,27)28)19-11-13-20(29-2)14-12-19)22(26)24-23-15-18-9-6-8-17-7-4-5-10-21(17)18/h4-16H,1-3H3,(H,24,26)/b23-15-/t16-/m1/s1. The van der Waals surface area contributed by atoms with Crippen molar-refractivity contribution in [2.24, 2.45) is 5.10 Å². The molecule has 0 aliphatic heterocycles.